The zero-order valence-electron chi connectivity index (χ0n) is 17.4. The second-order valence-corrected chi connectivity index (χ2v) is 8.44. The Morgan fingerprint density at radius 3 is 2.14 bits per heavy atom. The molecule has 0 aliphatic heterocycles. The van der Waals surface area contributed by atoms with Gasteiger partial charge in [0.1, 0.15) is 6.54 Å². The van der Waals surface area contributed by atoms with Crippen LogP contribution >= 0.6 is 11.8 Å². The van der Waals surface area contributed by atoms with E-state index in [2.05, 4.69) is 18.3 Å². The van der Waals surface area contributed by atoms with Crippen molar-refractivity contribution in [2.45, 2.75) is 88.8 Å². The molecule has 0 bridgehead atoms. The van der Waals surface area contributed by atoms with Gasteiger partial charge >= 0.3 is 5.97 Å². The number of rotatable bonds is 19. The number of nitrogens with two attached hydrogens (primary N) is 1. The second kappa shape index (κ2) is 19.3. The number of carboxylic acid groups (broad SMARTS) is 1. The first-order chi connectivity index (χ1) is 13.5. The quantitative estimate of drug-likeness (QED) is 0.189. The van der Waals surface area contributed by atoms with Gasteiger partial charge in [0.25, 0.3) is 0 Å². The van der Waals surface area contributed by atoms with Gasteiger partial charge in [0.05, 0.1) is 12.6 Å². The third-order valence-corrected chi connectivity index (χ3v) is 5.78. The zero-order chi connectivity index (χ0) is 21.0. The summed E-state index contributed by atoms with van der Waals surface area (Å²) in [5.74, 6) is -1.25. The van der Waals surface area contributed by atoms with Gasteiger partial charge in [-0.05, 0) is 12.8 Å². The smallest absolute Gasteiger partial charge is 0.322 e. The highest BCUT2D eigenvalue weighted by atomic mass is 32.2. The number of hydrogen-bond donors (Lipinski definition) is 4. The molecule has 0 rings (SSSR count). The molecule has 0 aliphatic carbocycles. The third-order valence-electron chi connectivity index (χ3n) is 4.50. The summed E-state index contributed by atoms with van der Waals surface area (Å²) in [4.78, 5) is 22.1. The Balaban J connectivity index is 3.70. The predicted molar refractivity (Wildman–Crippen MR) is 118 cm³/mol. The lowest BCUT2D eigenvalue weighted by atomic mass is 10.1. The molecule has 6 nitrogen and oxygen atoms in total. The Hall–Kier alpha value is -1.05. The fraction of sp³-hybridized carbons (Fsp3) is 0.810. The topological polar surface area (TPSA) is 113 Å². The molecular formula is C21H40N2O4S. The minimum Gasteiger partial charge on any atom is -0.480 e. The Kier molecular flexibility index (Phi) is 18.6. The van der Waals surface area contributed by atoms with E-state index in [1.807, 2.05) is 6.08 Å². The Morgan fingerprint density at radius 2 is 1.61 bits per heavy atom. The Labute approximate surface area is 174 Å². The molecule has 28 heavy (non-hydrogen) atoms. The summed E-state index contributed by atoms with van der Waals surface area (Å²) in [7, 11) is 0. The summed E-state index contributed by atoms with van der Waals surface area (Å²) in [5, 5.41) is 20.1. The zero-order valence-corrected chi connectivity index (χ0v) is 18.2. The summed E-state index contributed by atoms with van der Waals surface area (Å²) in [6.45, 7) is 1.80. The lowest BCUT2D eigenvalue weighted by molar-refractivity contribution is -0.138. The minimum absolute atomic E-state index is 0.0112. The van der Waals surface area contributed by atoms with Crippen molar-refractivity contribution in [3.63, 3.8) is 0 Å². The van der Waals surface area contributed by atoms with Crippen molar-refractivity contribution in [3.05, 3.63) is 12.2 Å². The molecule has 2 atom stereocenters. The summed E-state index contributed by atoms with van der Waals surface area (Å²) in [6, 6.07) is -0.784. The van der Waals surface area contributed by atoms with Crippen LogP contribution in [0.15, 0.2) is 12.2 Å². The normalized spacial score (nSPS) is 13.5. The highest BCUT2D eigenvalue weighted by Gasteiger charge is 2.16. The van der Waals surface area contributed by atoms with Crippen LogP contribution in [0.3, 0.4) is 0 Å². The number of hydrogen-bond acceptors (Lipinski definition) is 5. The van der Waals surface area contributed by atoms with Gasteiger partial charge in [-0.25, -0.2) is 0 Å². The van der Waals surface area contributed by atoms with E-state index in [0.717, 1.165) is 12.8 Å². The largest absolute Gasteiger partial charge is 0.480 e. The molecular weight excluding hydrogens is 376 g/mol. The maximum Gasteiger partial charge on any atom is 0.322 e. The number of carbonyl (C=O) groups excluding carboxylic acids is 1. The number of thioether (sulfide) groups is 1. The molecule has 0 aromatic carbocycles. The third kappa shape index (κ3) is 17.1. The van der Waals surface area contributed by atoms with Gasteiger partial charge < -0.3 is 21.3 Å². The lowest BCUT2D eigenvalue weighted by Crippen LogP contribution is -2.44. The van der Waals surface area contributed by atoms with Gasteiger partial charge in [-0.2, -0.15) is 0 Å². The van der Waals surface area contributed by atoms with Crippen LogP contribution in [-0.4, -0.2) is 52.3 Å². The van der Waals surface area contributed by atoms with E-state index in [1.54, 1.807) is 0 Å². The molecule has 0 aromatic rings. The fourth-order valence-electron chi connectivity index (χ4n) is 2.76. The monoisotopic (exact) mass is 416 g/mol. The molecule has 0 fully saturated rings. The van der Waals surface area contributed by atoms with Crippen molar-refractivity contribution in [2.24, 2.45) is 5.73 Å². The summed E-state index contributed by atoms with van der Waals surface area (Å²) >= 11 is 1.41. The number of amides is 1. The van der Waals surface area contributed by atoms with Gasteiger partial charge in [0, 0.05) is 11.0 Å². The van der Waals surface area contributed by atoms with Crippen molar-refractivity contribution in [2.75, 3.05) is 18.9 Å². The summed E-state index contributed by atoms with van der Waals surface area (Å²) < 4.78 is 0. The SMILES string of the molecule is CCCCCCCCCCCCC=CC(CO)SCC(N)C(=O)NCC(=O)O. The molecule has 2 unspecified atom stereocenters. The van der Waals surface area contributed by atoms with E-state index in [-0.39, 0.29) is 11.9 Å². The van der Waals surface area contributed by atoms with Crippen LogP contribution < -0.4 is 11.1 Å². The average Bonchev–Trinajstić information content (AvgIpc) is 2.68. The van der Waals surface area contributed by atoms with E-state index in [9.17, 15) is 14.7 Å². The number of aliphatic hydroxyl groups excluding tert-OH is 1. The molecule has 0 saturated carbocycles. The Bertz CT molecular complexity index is 433. The standard InChI is InChI=1S/C21H40N2O4S/c1-2-3-4-5-6-7-8-9-10-11-12-13-14-18(16-24)28-17-19(22)21(27)23-15-20(25)26/h13-14,18-19,24H,2-12,15-17,22H2,1H3,(H,23,27)(H,25,26). The van der Waals surface area contributed by atoms with E-state index >= 15 is 0 Å². The van der Waals surface area contributed by atoms with Crippen molar-refractivity contribution < 1.29 is 19.8 Å². The molecule has 0 heterocycles. The first-order valence-electron chi connectivity index (χ1n) is 10.7. The van der Waals surface area contributed by atoms with Crippen molar-refractivity contribution >= 4 is 23.6 Å². The molecule has 1 amide bonds. The van der Waals surface area contributed by atoms with E-state index in [4.69, 9.17) is 10.8 Å². The fourth-order valence-corrected chi connectivity index (χ4v) is 3.70. The van der Waals surface area contributed by atoms with Crippen LogP contribution in [0, 0.1) is 0 Å². The number of nitrogens with one attached hydrogen (secondary N) is 1. The number of allylic oxidation sites excluding steroid dienone is 1. The van der Waals surface area contributed by atoms with Crippen LogP contribution in [0.25, 0.3) is 0 Å². The molecule has 0 spiro atoms. The highest BCUT2D eigenvalue weighted by molar-refractivity contribution is 8.00. The van der Waals surface area contributed by atoms with Crippen LogP contribution in [0.4, 0.5) is 0 Å². The molecule has 0 saturated heterocycles. The van der Waals surface area contributed by atoms with Gasteiger partial charge in [-0.3, -0.25) is 9.59 Å². The van der Waals surface area contributed by atoms with Crippen molar-refractivity contribution in [3.8, 4) is 0 Å². The van der Waals surface area contributed by atoms with Gasteiger partial charge in [0.2, 0.25) is 5.91 Å². The minimum atomic E-state index is -1.10. The molecule has 0 radical (unpaired) electrons. The summed E-state index contributed by atoms with van der Waals surface area (Å²) in [5.41, 5.74) is 5.74. The number of carboxylic acids is 1. The van der Waals surface area contributed by atoms with Crippen molar-refractivity contribution in [1.29, 1.82) is 0 Å². The van der Waals surface area contributed by atoms with Crippen LogP contribution in [0.2, 0.25) is 0 Å². The van der Waals surface area contributed by atoms with E-state index < -0.39 is 24.5 Å². The van der Waals surface area contributed by atoms with E-state index in [1.165, 1.54) is 69.5 Å². The van der Waals surface area contributed by atoms with Crippen LogP contribution in [-0.2, 0) is 9.59 Å². The maximum atomic E-state index is 11.6. The predicted octanol–water partition coefficient (Wildman–Crippen LogP) is 3.48. The lowest BCUT2D eigenvalue weighted by Gasteiger charge is -2.14. The van der Waals surface area contributed by atoms with Crippen molar-refractivity contribution in [1.82, 2.24) is 5.32 Å². The number of aliphatic carboxylic acids is 1. The van der Waals surface area contributed by atoms with Crippen LogP contribution in [0.5, 0.6) is 0 Å². The molecule has 0 aromatic heterocycles. The highest BCUT2D eigenvalue weighted by Crippen LogP contribution is 2.15. The number of unbranched alkanes of at least 4 members (excludes halogenated alkanes) is 10. The first kappa shape index (κ1) is 27.0. The number of aliphatic hydroxyl groups is 1. The number of carbonyl (C=O) groups is 2. The van der Waals surface area contributed by atoms with Gasteiger partial charge in [-0.15, -0.1) is 11.8 Å². The molecule has 164 valence electrons. The second-order valence-electron chi connectivity index (χ2n) is 7.17. The average molecular weight is 417 g/mol. The molecule has 5 N–H and O–H groups in total. The maximum absolute atomic E-state index is 11.6. The molecule has 7 heteroatoms. The van der Waals surface area contributed by atoms with E-state index in [0.29, 0.717) is 5.75 Å². The molecule has 0 aliphatic rings. The Morgan fingerprint density at radius 1 is 1.04 bits per heavy atom. The van der Waals surface area contributed by atoms with Gasteiger partial charge in [0.15, 0.2) is 0 Å². The van der Waals surface area contributed by atoms with Crippen LogP contribution in [0.1, 0.15) is 77.6 Å². The summed E-state index contributed by atoms with van der Waals surface area (Å²) in [6.07, 6.45) is 18.2. The first-order valence-corrected chi connectivity index (χ1v) is 11.7. The van der Waals surface area contributed by atoms with Gasteiger partial charge in [-0.1, -0.05) is 76.9 Å².